The number of nitrogens with zero attached hydrogens (tertiary/aromatic N) is 3. The van der Waals surface area contributed by atoms with Crippen LogP contribution in [0.3, 0.4) is 0 Å². The molecule has 2 saturated carbocycles. The van der Waals surface area contributed by atoms with Crippen LogP contribution in [-0.4, -0.2) is 79.4 Å². The first-order valence-corrected chi connectivity index (χ1v) is 12.7. The van der Waals surface area contributed by atoms with Crippen LogP contribution in [0.5, 0.6) is 0 Å². The maximum Gasteiger partial charge on any atom is 0.352 e. The topological polar surface area (TPSA) is 128 Å². The van der Waals surface area contributed by atoms with Crippen molar-refractivity contribution < 1.29 is 38.1 Å². The highest BCUT2D eigenvalue weighted by Crippen LogP contribution is 2.57. The molecule has 1 aromatic carbocycles. The first-order chi connectivity index (χ1) is 17.9. The van der Waals surface area contributed by atoms with E-state index in [1.807, 2.05) is 0 Å². The van der Waals surface area contributed by atoms with E-state index in [2.05, 4.69) is 10.3 Å². The lowest BCUT2D eigenvalue weighted by Gasteiger charge is -2.35. The number of carbonyl (C=O) groups is 2. The Morgan fingerprint density at radius 1 is 1.21 bits per heavy atom. The van der Waals surface area contributed by atoms with E-state index < -0.39 is 42.4 Å². The Morgan fingerprint density at radius 3 is 2.37 bits per heavy atom. The summed E-state index contributed by atoms with van der Waals surface area (Å²) in [4.78, 5) is 30.7. The molecule has 0 radical (unpaired) electrons. The number of anilines is 1. The number of aliphatic hydroxyl groups is 3. The number of imidazole rings is 1. The Balaban J connectivity index is 1.47. The van der Waals surface area contributed by atoms with E-state index in [0.29, 0.717) is 29.1 Å². The van der Waals surface area contributed by atoms with Crippen molar-refractivity contribution in [2.75, 3.05) is 31.6 Å². The predicted octanol–water partition coefficient (Wildman–Crippen LogP) is 2.55. The number of alkyl halides is 2. The summed E-state index contributed by atoms with van der Waals surface area (Å²) in [7, 11) is 1.65. The van der Waals surface area contributed by atoms with Gasteiger partial charge in [0.1, 0.15) is 17.1 Å². The van der Waals surface area contributed by atoms with Crippen LogP contribution >= 0.6 is 11.6 Å². The molecule has 4 rings (SSSR count). The molecular formula is C25H30ClF3N4O5. The fourth-order valence-corrected chi connectivity index (χ4v) is 6.06. The molecule has 38 heavy (non-hydrogen) atoms. The molecule has 9 nitrogen and oxygen atoms in total. The average molecular weight is 559 g/mol. The Morgan fingerprint density at radius 2 is 1.82 bits per heavy atom. The van der Waals surface area contributed by atoms with Crippen LogP contribution in [0.1, 0.15) is 47.8 Å². The number of rotatable bonds is 9. The largest absolute Gasteiger partial charge is 0.395 e. The van der Waals surface area contributed by atoms with E-state index in [1.165, 1.54) is 18.5 Å². The van der Waals surface area contributed by atoms with Crippen LogP contribution in [0.25, 0.3) is 0 Å². The highest BCUT2D eigenvalue weighted by Gasteiger charge is 2.65. The maximum absolute atomic E-state index is 15.3. The third-order valence-corrected chi connectivity index (χ3v) is 7.96. The minimum atomic E-state index is -4.09. The van der Waals surface area contributed by atoms with Crippen molar-refractivity contribution in [2.24, 2.45) is 18.9 Å². The standard InChI is InChI=1S/C25H30ClF3N4O5/c1-32-13-30-20(21(32)22(36)31-17-2-3-19(27)18(26)10-17)14-8-15-11-24(38,12-16(15)9-14)25(28,29)23(37)33(4-6-34)5-7-35/h2-3,10,13-16,34-35,38H,4-9,11-12H2,1H3,(H,31,36). The van der Waals surface area contributed by atoms with Gasteiger partial charge in [0, 0.05) is 31.7 Å². The van der Waals surface area contributed by atoms with Gasteiger partial charge in [0.15, 0.2) is 0 Å². The van der Waals surface area contributed by atoms with Gasteiger partial charge in [0.25, 0.3) is 11.8 Å². The zero-order valence-electron chi connectivity index (χ0n) is 20.7. The van der Waals surface area contributed by atoms with Gasteiger partial charge in [-0.1, -0.05) is 11.6 Å². The zero-order chi connectivity index (χ0) is 27.8. The second-order valence-electron chi connectivity index (χ2n) is 10.1. The molecule has 2 unspecified atom stereocenters. The molecular weight excluding hydrogens is 529 g/mol. The summed E-state index contributed by atoms with van der Waals surface area (Å²) in [6.07, 6.45) is 1.67. The molecule has 2 aliphatic rings. The molecule has 0 aliphatic heterocycles. The van der Waals surface area contributed by atoms with Crippen LogP contribution in [-0.2, 0) is 11.8 Å². The molecule has 13 heteroatoms. The third kappa shape index (κ3) is 5.14. The van der Waals surface area contributed by atoms with E-state index in [9.17, 15) is 19.1 Å². The molecule has 0 bridgehead atoms. The van der Waals surface area contributed by atoms with Gasteiger partial charge >= 0.3 is 5.92 Å². The number of aryl methyl sites for hydroxylation is 1. The normalized spacial score (nSPS) is 24.9. The number of halogens is 4. The molecule has 1 heterocycles. The van der Waals surface area contributed by atoms with E-state index in [0.717, 1.165) is 6.07 Å². The number of aromatic nitrogens is 2. The Hall–Kier alpha value is -2.67. The highest BCUT2D eigenvalue weighted by atomic mass is 35.5. The van der Waals surface area contributed by atoms with E-state index >= 15 is 8.78 Å². The van der Waals surface area contributed by atoms with Gasteiger partial charge in [-0.05, 0) is 55.7 Å². The lowest BCUT2D eigenvalue weighted by atomic mass is 9.87. The van der Waals surface area contributed by atoms with E-state index in [4.69, 9.17) is 21.8 Å². The number of nitrogens with one attached hydrogen (secondary N) is 1. The van der Waals surface area contributed by atoms with Crippen molar-refractivity contribution in [3.63, 3.8) is 0 Å². The number of hydrogen-bond acceptors (Lipinski definition) is 6. The molecule has 1 aromatic heterocycles. The molecule has 2 amide bonds. The fourth-order valence-electron chi connectivity index (χ4n) is 5.88. The zero-order valence-corrected chi connectivity index (χ0v) is 21.5. The second-order valence-corrected chi connectivity index (χ2v) is 10.5. The van der Waals surface area contributed by atoms with Gasteiger partial charge in [-0.15, -0.1) is 0 Å². The molecule has 2 aromatic rings. The van der Waals surface area contributed by atoms with Gasteiger partial charge in [0.2, 0.25) is 0 Å². The monoisotopic (exact) mass is 558 g/mol. The first-order valence-electron chi connectivity index (χ1n) is 12.3. The quantitative estimate of drug-likeness (QED) is 0.374. The SMILES string of the molecule is Cn1cnc(C2CC3CC(O)(C(F)(F)C(=O)N(CCO)CCO)CC3C2)c1C(=O)Nc1ccc(F)c(Cl)c1. The fraction of sp³-hybridized carbons (Fsp3) is 0.560. The predicted molar refractivity (Wildman–Crippen MR) is 131 cm³/mol. The lowest BCUT2D eigenvalue weighted by Crippen LogP contribution is -2.58. The molecule has 0 saturated heterocycles. The van der Waals surface area contributed by atoms with Crippen molar-refractivity contribution in [2.45, 2.75) is 43.1 Å². The molecule has 0 spiro atoms. The summed E-state index contributed by atoms with van der Waals surface area (Å²) >= 11 is 5.80. The molecule has 4 N–H and O–H groups in total. The lowest BCUT2D eigenvalue weighted by molar-refractivity contribution is -0.202. The van der Waals surface area contributed by atoms with Crippen molar-refractivity contribution in [3.8, 4) is 0 Å². The van der Waals surface area contributed by atoms with Gasteiger partial charge < -0.3 is 30.1 Å². The number of hydrogen-bond donors (Lipinski definition) is 4. The highest BCUT2D eigenvalue weighted by molar-refractivity contribution is 6.31. The minimum absolute atomic E-state index is 0.143. The number of fused-ring (bicyclic) bond motifs is 1. The van der Waals surface area contributed by atoms with Gasteiger partial charge in [-0.25, -0.2) is 9.37 Å². The summed E-state index contributed by atoms with van der Waals surface area (Å²) in [6, 6.07) is 3.80. The van der Waals surface area contributed by atoms with Crippen LogP contribution in [0, 0.1) is 17.7 Å². The van der Waals surface area contributed by atoms with Crippen LogP contribution in [0.4, 0.5) is 18.9 Å². The number of aliphatic hydroxyl groups excluding tert-OH is 2. The molecule has 2 fully saturated rings. The summed E-state index contributed by atoms with van der Waals surface area (Å²) in [5.74, 6) is -7.68. The van der Waals surface area contributed by atoms with Crippen LogP contribution in [0.15, 0.2) is 24.5 Å². The molecule has 2 atom stereocenters. The van der Waals surface area contributed by atoms with Crippen molar-refractivity contribution in [1.29, 1.82) is 0 Å². The van der Waals surface area contributed by atoms with Crippen molar-refractivity contribution in [1.82, 2.24) is 14.5 Å². The average Bonchev–Trinajstić information content (AvgIpc) is 3.52. The van der Waals surface area contributed by atoms with Crippen LogP contribution in [0.2, 0.25) is 5.02 Å². The van der Waals surface area contributed by atoms with Gasteiger partial charge in [-0.3, -0.25) is 9.59 Å². The van der Waals surface area contributed by atoms with Crippen molar-refractivity contribution in [3.05, 3.63) is 46.8 Å². The van der Waals surface area contributed by atoms with Gasteiger partial charge in [0.05, 0.1) is 30.3 Å². The summed E-state index contributed by atoms with van der Waals surface area (Å²) in [6.45, 7) is -1.87. The Bertz CT molecular complexity index is 1190. The number of benzene rings is 1. The Kier molecular flexibility index (Phi) is 8.08. The minimum Gasteiger partial charge on any atom is -0.395 e. The number of amides is 2. The molecule has 2 aliphatic carbocycles. The van der Waals surface area contributed by atoms with Crippen molar-refractivity contribution >= 4 is 29.1 Å². The summed E-state index contributed by atoms with van der Waals surface area (Å²) in [5.41, 5.74) is -1.49. The summed E-state index contributed by atoms with van der Waals surface area (Å²) < 4.78 is 45.5. The molecule has 208 valence electrons. The smallest absolute Gasteiger partial charge is 0.352 e. The van der Waals surface area contributed by atoms with E-state index in [-0.39, 0.29) is 54.4 Å². The Labute approximate surface area is 222 Å². The summed E-state index contributed by atoms with van der Waals surface area (Å²) in [5, 5.41) is 31.7. The number of carbonyl (C=O) groups excluding carboxylic acids is 2. The third-order valence-electron chi connectivity index (χ3n) is 7.67. The maximum atomic E-state index is 15.3. The second kappa shape index (κ2) is 10.8. The first kappa shape index (κ1) is 28.3. The van der Waals surface area contributed by atoms with E-state index in [1.54, 1.807) is 11.6 Å². The van der Waals surface area contributed by atoms with Crippen LogP contribution < -0.4 is 5.32 Å². The van der Waals surface area contributed by atoms with Gasteiger partial charge in [-0.2, -0.15) is 8.78 Å².